The molecular formula is C12H22F3NO2S. The lowest BCUT2D eigenvalue weighted by molar-refractivity contribution is -0.170. The Labute approximate surface area is 112 Å². The average molecular weight is 301 g/mol. The van der Waals surface area contributed by atoms with Crippen LogP contribution in [0, 0.1) is 5.92 Å². The van der Waals surface area contributed by atoms with E-state index < -0.39 is 33.2 Å². The van der Waals surface area contributed by atoms with Crippen LogP contribution in [0.2, 0.25) is 0 Å². The first-order valence-electron chi connectivity index (χ1n) is 6.65. The first-order chi connectivity index (χ1) is 8.66. The van der Waals surface area contributed by atoms with Crippen LogP contribution >= 0.6 is 0 Å². The van der Waals surface area contributed by atoms with E-state index in [4.69, 9.17) is 0 Å². The molecule has 0 bridgehead atoms. The fourth-order valence-electron chi connectivity index (χ4n) is 2.72. The Bertz CT molecular complexity index is 381. The van der Waals surface area contributed by atoms with Gasteiger partial charge in [0.25, 0.3) is 0 Å². The molecule has 0 aromatic carbocycles. The standard InChI is InChI=1S/C12H22F3NO2S/c1-3-7-16-11(12(13,14)15)9-5-4-6-10(8-9)19(2,17)18/h9-11,16H,3-8H2,1-2H3. The summed E-state index contributed by atoms with van der Waals surface area (Å²) in [7, 11) is -3.25. The van der Waals surface area contributed by atoms with E-state index in [0.29, 0.717) is 32.2 Å². The molecule has 0 amide bonds. The number of nitrogens with one attached hydrogen (secondary N) is 1. The number of sulfone groups is 1. The number of alkyl halides is 3. The van der Waals surface area contributed by atoms with Crippen molar-refractivity contribution in [2.45, 2.75) is 56.5 Å². The summed E-state index contributed by atoms with van der Waals surface area (Å²) >= 11 is 0. The van der Waals surface area contributed by atoms with E-state index in [2.05, 4.69) is 5.32 Å². The summed E-state index contributed by atoms with van der Waals surface area (Å²) in [5.41, 5.74) is 0. The van der Waals surface area contributed by atoms with Crippen LogP contribution < -0.4 is 5.32 Å². The molecule has 19 heavy (non-hydrogen) atoms. The molecule has 1 fully saturated rings. The molecular weight excluding hydrogens is 279 g/mol. The third-order valence-electron chi connectivity index (χ3n) is 3.71. The van der Waals surface area contributed by atoms with Crippen LogP contribution in [0.3, 0.4) is 0 Å². The summed E-state index contributed by atoms with van der Waals surface area (Å²) in [6.45, 7) is 2.10. The molecule has 1 N–H and O–H groups in total. The highest BCUT2D eigenvalue weighted by Gasteiger charge is 2.46. The Hall–Kier alpha value is -0.300. The molecule has 0 saturated heterocycles. The molecule has 3 nitrogen and oxygen atoms in total. The second-order valence-corrected chi connectivity index (χ2v) is 7.68. The van der Waals surface area contributed by atoms with Crippen LogP contribution in [0.15, 0.2) is 0 Å². The first kappa shape index (κ1) is 16.8. The second kappa shape index (κ2) is 6.43. The molecule has 3 unspecified atom stereocenters. The molecule has 0 spiro atoms. The van der Waals surface area contributed by atoms with Crippen LogP contribution in [0.4, 0.5) is 13.2 Å². The van der Waals surface area contributed by atoms with E-state index >= 15 is 0 Å². The van der Waals surface area contributed by atoms with Crippen molar-refractivity contribution < 1.29 is 21.6 Å². The third-order valence-corrected chi connectivity index (χ3v) is 5.35. The van der Waals surface area contributed by atoms with Crippen molar-refractivity contribution in [2.75, 3.05) is 12.8 Å². The molecule has 1 aliphatic rings. The lowest BCUT2D eigenvalue weighted by Gasteiger charge is -2.35. The quantitative estimate of drug-likeness (QED) is 0.849. The van der Waals surface area contributed by atoms with Crippen LogP contribution in [-0.4, -0.2) is 38.7 Å². The molecule has 1 saturated carbocycles. The highest BCUT2D eigenvalue weighted by Crippen LogP contribution is 2.36. The van der Waals surface area contributed by atoms with Crippen molar-refractivity contribution in [1.82, 2.24) is 5.32 Å². The Morgan fingerprint density at radius 1 is 1.32 bits per heavy atom. The van der Waals surface area contributed by atoms with Gasteiger partial charge in [-0.2, -0.15) is 13.2 Å². The Balaban J connectivity index is 2.79. The lowest BCUT2D eigenvalue weighted by Crippen LogP contribution is -2.50. The minimum absolute atomic E-state index is 0.111. The molecule has 114 valence electrons. The van der Waals surface area contributed by atoms with Gasteiger partial charge in [0.2, 0.25) is 0 Å². The molecule has 0 heterocycles. The number of hydrogen-bond acceptors (Lipinski definition) is 3. The molecule has 0 aromatic heterocycles. The molecule has 3 atom stereocenters. The largest absolute Gasteiger partial charge is 0.404 e. The monoisotopic (exact) mass is 301 g/mol. The summed E-state index contributed by atoms with van der Waals surface area (Å²) in [4.78, 5) is 0. The number of rotatable bonds is 5. The van der Waals surface area contributed by atoms with Gasteiger partial charge < -0.3 is 5.32 Å². The van der Waals surface area contributed by atoms with Crippen LogP contribution in [-0.2, 0) is 9.84 Å². The van der Waals surface area contributed by atoms with Gasteiger partial charge in [0.05, 0.1) is 5.25 Å². The van der Waals surface area contributed by atoms with Gasteiger partial charge in [-0.15, -0.1) is 0 Å². The average Bonchev–Trinajstić information content (AvgIpc) is 2.27. The van der Waals surface area contributed by atoms with E-state index in [9.17, 15) is 21.6 Å². The van der Waals surface area contributed by atoms with Crippen molar-refractivity contribution in [3.8, 4) is 0 Å². The predicted octanol–water partition coefficient (Wildman–Crippen LogP) is 2.52. The fraction of sp³-hybridized carbons (Fsp3) is 1.00. The van der Waals surface area contributed by atoms with E-state index in [0.717, 1.165) is 6.26 Å². The fourth-order valence-corrected chi connectivity index (χ4v) is 3.91. The van der Waals surface area contributed by atoms with Crippen molar-refractivity contribution >= 4 is 9.84 Å². The molecule has 7 heteroatoms. The molecule has 1 aliphatic carbocycles. The zero-order chi connectivity index (χ0) is 14.7. The SMILES string of the molecule is CCCNC(C1CCCC(S(C)(=O)=O)C1)C(F)(F)F. The van der Waals surface area contributed by atoms with Crippen molar-refractivity contribution in [3.05, 3.63) is 0 Å². The van der Waals surface area contributed by atoms with Crippen molar-refractivity contribution in [1.29, 1.82) is 0 Å². The van der Waals surface area contributed by atoms with Gasteiger partial charge in [-0.25, -0.2) is 8.42 Å². The van der Waals surface area contributed by atoms with Gasteiger partial charge in [-0.05, 0) is 38.1 Å². The maximum atomic E-state index is 13.0. The topological polar surface area (TPSA) is 46.2 Å². The minimum atomic E-state index is -4.32. The van der Waals surface area contributed by atoms with Crippen LogP contribution in [0.25, 0.3) is 0 Å². The summed E-state index contributed by atoms with van der Waals surface area (Å²) in [6, 6.07) is -1.59. The van der Waals surface area contributed by atoms with Gasteiger partial charge in [0, 0.05) is 6.26 Å². The molecule has 1 rings (SSSR count). The third kappa shape index (κ3) is 4.95. The highest BCUT2D eigenvalue weighted by molar-refractivity contribution is 7.91. The van der Waals surface area contributed by atoms with Gasteiger partial charge >= 0.3 is 6.18 Å². The van der Waals surface area contributed by atoms with Gasteiger partial charge in [0.15, 0.2) is 0 Å². The number of halogens is 3. The maximum absolute atomic E-state index is 13.0. The normalized spacial score (nSPS) is 27.2. The van der Waals surface area contributed by atoms with Gasteiger partial charge in [0.1, 0.15) is 15.9 Å². The lowest BCUT2D eigenvalue weighted by atomic mass is 9.83. The molecule has 0 aromatic rings. The van der Waals surface area contributed by atoms with Crippen LogP contribution in [0.5, 0.6) is 0 Å². The molecule has 0 aliphatic heterocycles. The first-order valence-corrected chi connectivity index (χ1v) is 8.60. The Kier molecular flexibility index (Phi) is 5.67. The van der Waals surface area contributed by atoms with Gasteiger partial charge in [-0.1, -0.05) is 13.3 Å². The summed E-state index contributed by atoms with van der Waals surface area (Å²) < 4.78 is 62.2. The second-order valence-electron chi connectivity index (χ2n) is 5.35. The van der Waals surface area contributed by atoms with E-state index in [1.807, 2.05) is 0 Å². The maximum Gasteiger partial charge on any atom is 0.404 e. The summed E-state index contributed by atoms with van der Waals surface area (Å²) in [5, 5.41) is 1.91. The Morgan fingerprint density at radius 2 is 1.95 bits per heavy atom. The zero-order valence-electron chi connectivity index (χ0n) is 11.3. The Morgan fingerprint density at radius 3 is 2.42 bits per heavy atom. The van der Waals surface area contributed by atoms with E-state index in [1.165, 1.54) is 0 Å². The number of hydrogen-bond donors (Lipinski definition) is 1. The van der Waals surface area contributed by atoms with Crippen LogP contribution in [0.1, 0.15) is 39.0 Å². The summed E-state index contributed by atoms with van der Waals surface area (Å²) in [6.07, 6.45) is -1.01. The van der Waals surface area contributed by atoms with Gasteiger partial charge in [-0.3, -0.25) is 0 Å². The van der Waals surface area contributed by atoms with Crippen molar-refractivity contribution in [3.63, 3.8) is 0 Å². The smallest absolute Gasteiger partial charge is 0.306 e. The summed E-state index contributed by atoms with van der Waals surface area (Å²) in [5.74, 6) is -0.639. The van der Waals surface area contributed by atoms with E-state index in [-0.39, 0.29) is 6.42 Å². The minimum Gasteiger partial charge on any atom is -0.306 e. The van der Waals surface area contributed by atoms with Crippen molar-refractivity contribution in [2.24, 2.45) is 5.92 Å². The highest BCUT2D eigenvalue weighted by atomic mass is 32.2. The zero-order valence-corrected chi connectivity index (χ0v) is 12.1. The predicted molar refractivity (Wildman–Crippen MR) is 68.7 cm³/mol. The molecule has 0 radical (unpaired) electrons. The van der Waals surface area contributed by atoms with E-state index in [1.54, 1.807) is 6.92 Å².